The lowest BCUT2D eigenvalue weighted by atomic mass is 9.82. The first kappa shape index (κ1) is 37.2. The molecule has 0 saturated carbocycles. The molecular weight excluding hydrogens is 677 g/mol. The molecule has 1 unspecified atom stereocenters. The number of carbonyl (C=O) groups excluding carboxylic acids is 2. The van der Waals surface area contributed by atoms with E-state index >= 15 is 0 Å². The number of aromatic nitrogens is 3. The van der Waals surface area contributed by atoms with Crippen molar-refractivity contribution < 1.29 is 33.6 Å². The van der Waals surface area contributed by atoms with E-state index in [1.54, 1.807) is 14.2 Å². The molecular formula is C40H50N4O7Si. The minimum absolute atomic E-state index is 0.0423. The van der Waals surface area contributed by atoms with Gasteiger partial charge in [0.2, 0.25) is 0 Å². The van der Waals surface area contributed by atoms with Crippen molar-refractivity contribution in [3.05, 3.63) is 95.8 Å². The summed E-state index contributed by atoms with van der Waals surface area (Å²) in [7, 11) is 2.33. The summed E-state index contributed by atoms with van der Waals surface area (Å²) in [4.78, 5) is 28.6. The zero-order chi connectivity index (χ0) is 37.0. The van der Waals surface area contributed by atoms with Crippen molar-refractivity contribution in [1.29, 1.82) is 0 Å². The molecule has 1 N–H and O–H groups in total. The van der Waals surface area contributed by atoms with Gasteiger partial charge in [0, 0.05) is 37.2 Å². The number of ether oxygens (including phenoxy) is 4. The van der Waals surface area contributed by atoms with Gasteiger partial charge in [0.25, 0.3) is 5.91 Å². The first-order valence-electron chi connectivity index (χ1n) is 18.0. The van der Waals surface area contributed by atoms with Crippen LogP contribution in [0.25, 0.3) is 0 Å². The third kappa shape index (κ3) is 6.86. The summed E-state index contributed by atoms with van der Waals surface area (Å²) in [6.07, 6.45) is 3.77. The number of aryl methyl sites for hydroxylation is 1. The number of rotatable bonds is 15. The highest BCUT2D eigenvalue weighted by Crippen LogP contribution is 2.60. The van der Waals surface area contributed by atoms with Crippen molar-refractivity contribution in [2.24, 2.45) is 5.92 Å². The van der Waals surface area contributed by atoms with Gasteiger partial charge in [-0.25, -0.2) is 0 Å². The zero-order valence-corrected chi connectivity index (χ0v) is 32.0. The molecule has 1 fully saturated rings. The van der Waals surface area contributed by atoms with E-state index in [4.69, 9.17) is 18.9 Å². The van der Waals surface area contributed by atoms with E-state index in [2.05, 4.69) is 42.5 Å². The third-order valence-electron chi connectivity index (χ3n) is 11.2. The summed E-state index contributed by atoms with van der Waals surface area (Å²) in [6.45, 7) is 7.79. The molecule has 0 bridgehead atoms. The van der Waals surface area contributed by atoms with Gasteiger partial charge in [-0.2, -0.15) is 0 Å². The number of methoxy groups -OCH3 is 3. The van der Waals surface area contributed by atoms with Crippen molar-refractivity contribution in [1.82, 2.24) is 15.0 Å². The number of carbonyl (C=O) groups is 2. The molecule has 1 saturated heterocycles. The Bertz CT molecular complexity index is 1850. The standard InChI is InChI=1S/C40H50N4O7Si/c1-27-38(52(5,6)31-18-15-29(48-2)16-19-31)36(21-23-43-25-34(41-42-43)32(26-45)28-12-8-7-9-13-28)51-40(27)33-24-30(49-3)17-20-35(33)44(39(40)47)22-11-10-14-37(46)50-4/h7-9,12-13,15-20,24-25,27,32,36,38,45H,10-11,14,21-23,26H2,1-6H3/t27-,32?,36+,38-,40+/m1/s1. The fourth-order valence-electron chi connectivity index (χ4n) is 8.45. The highest BCUT2D eigenvalue weighted by atomic mass is 28.3. The molecule has 4 aromatic rings. The molecule has 11 nitrogen and oxygen atoms in total. The summed E-state index contributed by atoms with van der Waals surface area (Å²) in [5, 5.41) is 20.4. The van der Waals surface area contributed by atoms with Gasteiger partial charge in [0.1, 0.15) is 11.5 Å². The topological polar surface area (TPSA) is 125 Å². The SMILES string of the molecule is COC(=O)CCCCN1C(=O)[C@@]2(O[C@@H](CCn3cc(C(CO)c4ccccc4)nn3)[C@H]([Si](C)(C)c3ccc(OC)cc3)[C@H]2C)c2cc(OC)ccc21. The van der Waals surface area contributed by atoms with E-state index in [0.29, 0.717) is 50.2 Å². The molecule has 1 spiro atoms. The number of hydrogen-bond acceptors (Lipinski definition) is 9. The highest BCUT2D eigenvalue weighted by Gasteiger charge is 2.66. The summed E-state index contributed by atoms with van der Waals surface area (Å²) >= 11 is 0. The van der Waals surface area contributed by atoms with E-state index in [1.807, 2.05) is 76.4 Å². The molecule has 3 heterocycles. The molecule has 0 aliphatic carbocycles. The molecule has 0 radical (unpaired) electrons. The number of amides is 1. The van der Waals surface area contributed by atoms with Gasteiger partial charge in [-0.3, -0.25) is 14.3 Å². The maximum atomic E-state index is 15.0. The lowest BCUT2D eigenvalue weighted by Crippen LogP contribution is -2.52. The first-order chi connectivity index (χ1) is 25.1. The fraction of sp³-hybridized carbons (Fsp3) is 0.450. The molecule has 1 aromatic heterocycles. The summed E-state index contributed by atoms with van der Waals surface area (Å²) in [5.41, 5.74) is 2.13. The minimum atomic E-state index is -2.36. The lowest BCUT2D eigenvalue weighted by molar-refractivity contribution is -0.146. The van der Waals surface area contributed by atoms with Crippen LogP contribution in [0.4, 0.5) is 5.69 Å². The minimum Gasteiger partial charge on any atom is -0.497 e. The van der Waals surface area contributed by atoms with Gasteiger partial charge in [-0.05, 0) is 60.7 Å². The van der Waals surface area contributed by atoms with Crippen LogP contribution in [0, 0.1) is 5.92 Å². The largest absolute Gasteiger partial charge is 0.497 e. The number of esters is 1. The van der Waals surface area contributed by atoms with Crippen molar-refractivity contribution in [2.75, 3.05) is 39.4 Å². The summed E-state index contributed by atoms with van der Waals surface area (Å²) in [6, 6.07) is 23.9. The van der Waals surface area contributed by atoms with E-state index in [-0.39, 0.29) is 42.0 Å². The molecule has 5 atom stereocenters. The molecule has 276 valence electrons. The number of nitrogens with zero attached hydrogens (tertiary/aromatic N) is 4. The second kappa shape index (κ2) is 15.6. The van der Waals surface area contributed by atoms with E-state index < -0.39 is 13.7 Å². The van der Waals surface area contributed by atoms with Gasteiger partial charge in [-0.15, -0.1) is 5.10 Å². The second-order valence-corrected chi connectivity index (χ2v) is 19.1. The third-order valence-corrected chi connectivity index (χ3v) is 15.6. The second-order valence-electron chi connectivity index (χ2n) is 14.4. The molecule has 2 aliphatic heterocycles. The molecule has 6 rings (SSSR count). The van der Waals surface area contributed by atoms with Gasteiger partial charge in [0.15, 0.2) is 5.60 Å². The maximum absolute atomic E-state index is 15.0. The Labute approximate surface area is 306 Å². The Hall–Kier alpha value is -4.52. The first-order valence-corrected chi connectivity index (χ1v) is 21.1. The average molecular weight is 727 g/mol. The van der Waals surface area contributed by atoms with Crippen LogP contribution < -0.4 is 19.6 Å². The Morgan fingerprint density at radius 2 is 1.69 bits per heavy atom. The zero-order valence-electron chi connectivity index (χ0n) is 31.0. The van der Waals surface area contributed by atoms with Crippen LogP contribution in [0.3, 0.4) is 0 Å². The van der Waals surface area contributed by atoms with Crippen LogP contribution in [0.5, 0.6) is 11.5 Å². The maximum Gasteiger partial charge on any atom is 0.305 e. The molecule has 3 aromatic carbocycles. The number of hydrogen-bond donors (Lipinski definition) is 1. The van der Waals surface area contributed by atoms with Crippen LogP contribution in [0.15, 0.2) is 79.0 Å². The van der Waals surface area contributed by atoms with Crippen LogP contribution in [0.2, 0.25) is 18.6 Å². The van der Waals surface area contributed by atoms with Crippen LogP contribution >= 0.6 is 0 Å². The predicted molar refractivity (Wildman–Crippen MR) is 201 cm³/mol. The Morgan fingerprint density at radius 3 is 2.37 bits per heavy atom. The van der Waals surface area contributed by atoms with E-state index in [0.717, 1.165) is 22.6 Å². The molecule has 52 heavy (non-hydrogen) atoms. The van der Waals surface area contributed by atoms with Crippen LogP contribution in [-0.2, 0) is 31.2 Å². The van der Waals surface area contributed by atoms with Gasteiger partial charge < -0.3 is 29.0 Å². The highest BCUT2D eigenvalue weighted by molar-refractivity contribution is 6.91. The van der Waals surface area contributed by atoms with Crippen molar-refractivity contribution in [2.45, 2.75) is 75.4 Å². The Kier molecular flexibility index (Phi) is 11.2. The van der Waals surface area contributed by atoms with Crippen molar-refractivity contribution >= 4 is 30.8 Å². The number of anilines is 1. The number of aliphatic hydroxyl groups excluding tert-OH is 1. The average Bonchev–Trinajstić information content (AvgIpc) is 3.82. The normalized spacial score (nSPS) is 21.7. The predicted octanol–water partition coefficient (Wildman–Crippen LogP) is 5.42. The summed E-state index contributed by atoms with van der Waals surface area (Å²) < 4.78 is 25.1. The van der Waals surface area contributed by atoms with E-state index in [1.165, 1.54) is 12.3 Å². The quantitative estimate of drug-likeness (QED) is 0.0972. The number of benzene rings is 3. The van der Waals surface area contributed by atoms with Gasteiger partial charge in [-0.1, -0.05) is 72.9 Å². The number of aliphatic hydroxyl groups is 1. The monoisotopic (exact) mass is 726 g/mol. The molecule has 1 amide bonds. The van der Waals surface area contributed by atoms with Crippen LogP contribution in [-0.4, -0.2) is 80.6 Å². The van der Waals surface area contributed by atoms with Gasteiger partial charge in [0.05, 0.1) is 59.4 Å². The molecule has 12 heteroatoms. The number of unbranched alkanes of at least 4 members (excludes halogenated alkanes) is 1. The number of fused-ring (bicyclic) bond motifs is 2. The Morgan fingerprint density at radius 1 is 0.981 bits per heavy atom. The van der Waals surface area contributed by atoms with Crippen LogP contribution in [0.1, 0.15) is 55.3 Å². The fourth-order valence-corrected chi connectivity index (χ4v) is 12.5. The molecule has 2 aliphatic rings. The van der Waals surface area contributed by atoms with E-state index in [9.17, 15) is 14.7 Å². The Balaban J connectivity index is 1.35. The smallest absolute Gasteiger partial charge is 0.305 e. The van der Waals surface area contributed by atoms with Crippen molar-refractivity contribution in [3.8, 4) is 11.5 Å². The van der Waals surface area contributed by atoms with Crippen molar-refractivity contribution in [3.63, 3.8) is 0 Å². The van der Waals surface area contributed by atoms with Gasteiger partial charge >= 0.3 is 5.97 Å². The summed E-state index contributed by atoms with van der Waals surface area (Å²) in [5.74, 6) is 0.660. The lowest BCUT2D eigenvalue weighted by Gasteiger charge is -2.37.